The van der Waals surface area contributed by atoms with E-state index in [-0.39, 0.29) is 23.6 Å². The summed E-state index contributed by atoms with van der Waals surface area (Å²) in [5, 5.41) is 6.47. The van der Waals surface area contributed by atoms with Crippen LogP contribution in [0.4, 0.5) is 5.00 Å². The number of piperidine rings is 1. The van der Waals surface area contributed by atoms with E-state index in [9.17, 15) is 14.4 Å². The van der Waals surface area contributed by atoms with E-state index < -0.39 is 0 Å². The van der Waals surface area contributed by atoms with Gasteiger partial charge in [0.25, 0.3) is 11.8 Å². The van der Waals surface area contributed by atoms with E-state index >= 15 is 0 Å². The monoisotopic (exact) mass is 413 g/mol. The Morgan fingerprint density at radius 2 is 1.79 bits per heavy atom. The van der Waals surface area contributed by atoms with E-state index in [1.54, 1.807) is 29.2 Å². The second kappa shape index (κ2) is 10.2. The lowest BCUT2D eigenvalue weighted by Gasteiger charge is -2.31. The second-order valence-corrected chi connectivity index (χ2v) is 8.28. The zero-order chi connectivity index (χ0) is 20.6. The minimum atomic E-state index is -0.193. The Kier molecular flexibility index (Phi) is 7.41. The number of nitrogens with one attached hydrogen (secondary N) is 2. The Balaban J connectivity index is 1.50. The standard InChI is InChI=1S/C22H27N3O3S/c1-2-3-13-23-20(26)17-11-14-25(15-12-17)22(28)18-9-10-19(29-18)24-21(27)16-7-5-4-6-8-16/h4-10,17H,2-3,11-15H2,1H3,(H,23,26)(H,24,27). The summed E-state index contributed by atoms with van der Waals surface area (Å²) in [7, 11) is 0. The van der Waals surface area contributed by atoms with Crippen molar-refractivity contribution < 1.29 is 14.4 Å². The van der Waals surface area contributed by atoms with Crippen LogP contribution in [0.15, 0.2) is 42.5 Å². The van der Waals surface area contributed by atoms with Gasteiger partial charge >= 0.3 is 0 Å². The number of amides is 3. The lowest BCUT2D eigenvalue weighted by Crippen LogP contribution is -2.43. The molecule has 0 saturated carbocycles. The van der Waals surface area contributed by atoms with E-state index in [2.05, 4.69) is 17.6 Å². The van der Waals surface area contributed by atoms with Crippen LogP contribution in [-0.4, -0.2) is 42.3 Å². The summed E-state index contributed by atoms with van der Waals surface area (Å²) in [6, 6.07) is 12.5. The summed E-state index contributed by atoms with van der Waals surface area (Å²) < 4.78 is 0. The van der Waals surface area contributed by atoms with Crippen LogP contribution in [0.2, 0.25) is 0 Å². The molecule has 1 aliphatic rings. The number of nitrogens with zero attached hydrogens (tertiary/aromatic N) is 1. The Labute approximate surface area is 175 Å². The highest BCUT2D eigenvalue weighted by Gasteiger charge is 2.28. The molecule has 0 unspecified atom stereocenters. The second-order valence-electron chi connectivity index (χ2n) is 7.20. The lowest BCUT2D eigenvalue weighted by atomic mass is 9.95. The van der Waals surface area contributed by atoms with Crippen LogP contribution >= 0.6 is 11.3 Å². The first-order chi connectivity index (χ1) is 14.1. The van der Waals surface area contributed by atoms with Crippen molar-refractivity contribution in [2.45, 2.75) is 32.6 Å². The molecule has 6 nitrogen and oxygen atoms in total. The molecular formula is C22H27N3O3S. The van der Waals surface area contributed by atoms with Crippen LogP contribution < -0.4 is 10.6 Å². The van der Waals surface area contributed by atoms with Crippen LogP contribution in [0.5, 0.6) is 0 Å². The number of rotatable bonds is 7. The number of hydrogen-bond donors (Lipinski definition) is 2. The number of hydrogen-bond acceptors (Lipinski definition) is 4. The molecule has 3 amide bonds. The number of anilines is 1. The zero-order valence-electron chi connectivity index (χ0n) is 16.6. The molecule has 1 aromatic heterocycles. The normalized spacial score (nSPS) is 14.4. The minimum absolute atomic E-state index is 0.0139. The molecule has 0 bridgehead atoms. The van der Waals surface area contributed by atoms with Crippen molar-refractivity contribution in [2.24, 2.45) is 5.92 Å². The maximum absolute atomic E-state index is 12.8. The molecule has 2 heterocycles. The average Bonchev–Trinajstić information content (AvgIpc) is 3.22. The Hall–Kier alpha value is -2.67. The number of carbonyl (C=O) groups is 3. The van der Waals surface area contributed by atoms with Crippen molar-refractivity contribution in [3.63, 3.8) is 0 Å². The highest BCUT2D eigenvalue weighted by Crippen LogP contribution is 2.26. The van der Waals surface area contributed by atoms with Gasteiger partial charge in [-0.05, 0) is 43.5 Å². The Morgan fingerprint density at radius 3 is 2.48 bits per heavy atom. The number of carbonyl (C=O) groups excluding carboxylic acids is 3. The highest BCUT2D eigenvalue weighted by molar-refractivity contribution is 7.18. The summed E-state index contributed by atoms with van der Waals surface area (Å²) in [6.45, 7) is 3.98. The fourth-order valence-electron chi connectivity index (χ4n) is 3.33. The third-order valence-corrected chi connectivity index (χ3v) is 6.06. The third-order valence-electron chi connectivity index (χ3n) is 5.07. The van der Waals surface area contributed by atoms with E-state index in [0.717, 1.165) is 19.4 Å². The maximum atomic E-state index is 12.8. The van der Waals surface area contributed by atoms with Crippen molar-refractivity contribution in [2.75, 3.05) is 25.0 Å². The van der Waals surface area contributed by atoms with E-state index in [0.29, 0.717) is 41.4 Å². The average molecular weight is 414 g/mol. The molecule has 1 aromatic carbocycles. The Bertz CT molecular complexity index is 842. The highest BCUT2D eigenvalue weighted by atomic mass is 32.1. The van der Waals surface area contributed by atoms with E-state index in [1.165, 1.54) is 11.3 Å². The molecule has 2 aromatic rings. The molecule has 0 radical (unpaired) electrons. The molecule has 3 rings (SSSR count). The Morgan fingerprint density at radius 1 is 1.07 bits per heavy atom. The van der Waals surface area contributed by atoms with Crippen LogP contribution in [0.25, 0.3) is 0 Å². The summed E-state index contributed by atoms with van der Waals surface area (Å²) in [4.78, 5) is 39.6. The largest absolute Gasteiger partial charge is 0.356 e. The smallest absolute Gasteiger partial charge is 0.263 e. The summed E-state index contributed by atoms with van der Waals surface area (Å²) >= 11 is 1.28. The third kappa shape index (κ3) is 5.67. The maximum Gasteiger partial charge on any atom is 0.263 e. The van der Waals surface area contributed by atoms with Gasteiger partial charge in [-0.2, -0.15) is 0 Å². The van der Waals surface area contributed by atoms with Gasteiger partial charge in [-0.25, -0.2) is 0 Å². The van der Waals surface area contributed by atoms with E-state index in [1.807, 2.05) is 18.2 Å². The first-order valence-corrected chi connectivity index (χ1v) is 10.9. The molecule has 1 saturated heterocycles. The minimum Gasteiger partial charge on any atom is -0.356 e. The summed E-state index contributed by atoms with van der Waals surface area (Å²) in [5.74, 6) is -0.144. The van der Waals surface area contributed by atoms with Gasteiger partial charge in [0, 0.05) is 31.1 Å². The molecule has 0 aliphatic carbocycles. The van der Waals surface area contributed by atoms with Crippen molar-refractivity contribution in [3.05, 3.63) is 52.9 Å². The number of benzene rings is 1. The molecule has 0 atom stereocenters. The van der Waals surface area contributed by atoms with Crippen LogP contribution in [0.1, 0.15) is 52.6 Å². The van der Waals surface area contributed by atoms with Crippen LogP contribution in [-0.2, 0) is 4.79 Å². The number of thiophene rings is 1. The fraction of sp³-hybridized carbons (Fsp3) is 0.409. The van der Waals surface area contributed by atoms with Crippen molar-refractivity contribution in [1.29, 1.82) is 0 Å². The fourth-order valence-corrected chi connectivity index (χ4v) is 4.20. The van der Waals surface area contributed by atoms with Crippen molar-refractivity contribution >= 4 is 34.1 Å². The van der Waals surface area contributed by atoms with Gasteiger partial charge in [-0.15, -0.1) is 11.3 Å². The SMILES string of the molecule is CCCCNC(=O)C1CCN(C(=O)c2ccc(NC(=O)c3ccccc3)s2)CC1. The lowest BCUT2D eigenvalue weighted by molar-refractivity contribution is -0.126. The first-order valence-electron chi connectivity index (χ1n) is 10.1. The quantitative estimate of drug-likeness (QED) is 0.678. The molecule has 1 aliphatic heterocycles. The van der Waals surface area contributed by atoms with Gasteiger partial charge in [0.1, 0.15) is 0 Å². The summed E-state index contributed by atoms with van der Waals surface area (Å²) in [6.07, 6.45) is 3.42. The van der Waals surface area contributed by atoms with Crippen molar-refractivity contribution in [3.8, 4) is 0 Å². The molecule has 1 fully saturated rings. The first kappa shape index (κ1) is 21.0. The molecule has 7 heteroatoms. The predicted octanol–water partition coefficient (Wildman–Crippen LogP) is 3.77. The van der Waals surface area contributed by atoms with Crippen molar-refractivity contribution in [1.82, 2.24) is 10.2 Å². The van der Waals surface area contributed by atoms with Gasteiger partial charge in [0.05, 0.1) is 9.88 Å². The van der Waals surface area contributed by atoms with Gasteiger partial charge in [-0.3, -0.25) is 14.4 Å². The van der Waals surface area contributed by atoms with Gasteiger partial charge in [0.2, 0.25) is 5.91 Å². The zero-order valence-corrected chi connectivity index (χ0v) is 17.5. The topological polar surface area (TPSA) is 78.5 Å². The van der Waals surface area contributed by atoms with Gasteiger partial charge < -0.3 is 15.5 Å². The molecule has 154 valence electrons. The number of likely N-dealkylation sites (tertiary alicyclic amines) is 1. The van der Waals surface area contributed by atoms with Crippen LogP contribution in [0, 0.1) is 5.92 Å². The predicted molar refractivity (Wildman–Crippen MR) is 115 cm³/mol. The molecule has 29 heavy (non-hydrogen) atoms. The summed E-state index contributed by atoms with van der Waals surface area (Å²) in [5.41, 5.74) is 0.577. The van der Waals surface area contributed by atoms with Crippen LogP contribution in [0.3, 0.4) is 0 Å². The molecule has 2 N–H and O–H groups in total. The molecule has 0 spiro atoms. The van der Waals surface area contributed by atoms with Gasteiger partial charge in [0.15, 0.2) is 0 Å². The van der Waals surface area contributed by atoms with Gasteiger partial charge in [-0.1, -0.05) is 31.5 Å². The number of unbranched alkanes of at least 4 members (excludes halogenated alkanes) is 1. The van der Waals surface area contributed by atoms with E-state index in [4.69, 9.17) is 0 Å². The molecular weight excluding hydrogens is 386 g/mol.